The van der Waals surface area contributed by atoms with Gasteiger partial charge in [0.15, 0.2) is 0 Å². The van der Waals surface area contributed by atoms with Crippen LogP contribution in [0.4, 0.5) is 0 Å². The van der Waals surface area contributed by atoms with Crippen molar-refractivity contribution in [3.63, 3.8) is 0 Å². The van der Waals surface area contributed by atoms with Gasteiger partial charge in [-0.05, 0) is 44.4 Å². The lowest BCUT2D eigenvalue weighted by molar-refractivity contribution is -0.121. The van der Waals surface area contributed by atoms with Crippen molar-refractivity contribution in [1.29, 1.82) is 0 Å². The van der Waals surface area contributed by atoms with E-state index >= 15 is 0 Å². The Labute approximate surface area is 98.6 Å². The van der Waals surface area contributed by atoms with Crippen LogP contribution in [0.2, 0.25) is 0 Å². The van der Waals surface area contributed by atoms with Crippen molar-refractivity contribution < 1.29 is 4.79 Å². The van der Waals surface area contributed by atoms with E-state index in [-0.39, 0.29) is 5.41 Å². The Morgan fingerprint density at radius 2 is 2.19 bits per heavy atom. The molecule has 0 radical (unpaired) electrons. The van der Waals surface area contributed by atoms with E-state index in [9.17, 15) is 4.79 Å². The minimum Gasteiger partial charge on any atom is -0.299 e. The number of carbonyl (C=O) groups excluding carboxylic acids is 1. The molecule has 0 aliphatic heterocycles. The smallest absolute Gasteiger partial charge is 0.137 e. The minimum atomic E-state index is 0.172. The average molecular weight is 218 g/mol. The third-order valence-corrected chi connectivity index (χ3v) is 4.49. The van der Waals surface area contributed by atoms with E-state index in [0.29, 0.717) is 18.1 Å². The molecule has 0 amide bonds. The number of allylic oxidation sites excluding steroid dienone is 3. The van der Waals surface area contributed by atoms with Gasteiger partial charge in [-0.15, -0.1) is 0 Å². The standard InChI is InChI=1S/C15H22O/c1-10(2)12-5-6-15(4)9-13(16)7-11(3)14(15)8-12/h12H,1,5-9H2,2-4H3. The van der Waals surface area contributed by atoms with E-state index in [4.69, 9.17) is 0 Å². The summed E-state index contributed by atoms with van der Waals surface area (Å²) in [4.78, 5) is 11.7. The molecule has 0 aromatic carbocycles. The molecule has 2 aliphatic rings. The van der Waals surface area contributed by atoms with E-state index in [1.54, 1.807) is 5.57 Å². The topological polar surface area (TPSA) is 17.1 Å². The number of ketones is 1. The molecule has 0 aromatic heterocycles. The van der Waals surface area contributed by atoms with Crippen LogP contribution in [-0.4, -0.2) is 5.78 Å². The van der Waals surface area contributed by atoms with E-state index in [0.717, 1.165) is 19.3 Å². The van der Waals surface area contributed by atoms with Crippen molar-refractivity contribution in [3.05, 3.63) is 23.3 Å². The molecule has 0 spiro atoms. The van der Waals surface area contributed by atoms with Gasteiger partial charge in [0, 0.05) is 12.8 Å². The van der Waals surface area contributed by atoms with E-state index in [1.165, 1.54) is 17.6 Å². The van der Waals surface area contributed by atoms with Crippen LogP contribution in [0, 0.1) is 11.3 Å². The van der Waals surface area contributed by atoms with E-state index < -0.39 is 0 Å². The van der Waals surface area contributed by atoms with Crippen molar-refractivity contribution in [2.24, 2.45) is 11.3 Å². The summed E-state index contributed by atoms with van der Waals surface area (Å²) in [5, 5.41) is 0. The SMILES string of the molecule is C=C(C)C1CCC2(C)CC(=O)CC(C)=C2C1. The van der Waals surface area contributed by atoms with Crippen LogP contribution in [0.3, 0.4) is 0 Å². The Balaban J connectivity index is 2.31. The Bertz CT molecular complexity index is 375. The summed E-state index contributed by atoms with van der Waals surface area (Å²) in [5.74, 6) is 1.07. The first kappa shape index (κ1) is 11.6. The fourth-order valence-corrected chi connectivity index (χ4v) is 3.44. The zero-order valence-electron chi connectivity index (χ0n) is 10.7. The molecule has 0 bridgehead atoms. The van der Waals surface area contributed by atoms with Gasteiger partial charge in [-0.1, -0.05) is 30.2 Å². The molecule has 0 aromatic rings. The normalized spacial score (nSPS) is 34.9. The van der Waals surface area contributed by atoms with Crippen LogP contribution < -0.4 is 0 Å². The van der Waals surface area contributed by atoms with Crippen molar-refractivity contribution in [2.75, 3.05) is 0 Å². The van der Waals surface area contributed by atoms with Crippen LogP contribution >= 0.6 is 0 Å². The molecule has 88 valence electrons. The third kappa shape index (κ3) is 1.88. The van der Waals surface area contributed by atoms with Gasteiger partial charge in [0.2, 0.25) is 0 Å². The summed E-state index contributed by atoms with van der Waals surface area (Å²) >= 11 is 0. The fourth-order valence-electron chi connectivity index (χ4n) is 3.44. The minimum absolute atomic E-state index is 0.172. The molecule has 2 aliphatic carbocycles. The molecule has 2 rings (SSSR count). The fraction of sp³-hybridized carbons (Fsp3) is 0.667. The summed E-state index contributed by atoms with van der Waals surface area (Å²) in [6, 6.07) is 0. The summed E-state index contributed by atoms with van der Waals surface area (Å²) in [7, 11) is 0. The molecular weight excluding hydrogens is 196 g/mol. The number of rotatable bonds is 1. The third-order valence-electron chi connectivity index (χ3n) is 4.49. The summed E-state index contributed by atoms with van der Waals surface area (Å²) in [5.41, 5.74) is 4.38. The molecule has 1 saturated carbocycles. The van der Waals surface area contributed by atoms with Gasteiger partial charge in [0.1, 0.15) is 5.78 Å². The van der Waals surface area contributed by atoms with Crippen molar-refractivity contribution >= 4 is 5.78 Å². The van der Waals surface area contributed by atoms with Gasteiger partial charge >= 0.3 is 0 Å². The maximum Gasteiger partial charge on any atom is 0.137 e. The predicted octanol–water partition coefficient (Wildman–Crippen LogP) is 4.05. The van der Waals surface area contributed by atoms with Gasteiger partial charge < -0.3 is 0 Å². The van der Waals surface area contributed by atoms with Gasteiger partial charge in [-0.2, -0.15) is 0 Å². The average Bonchev–Trinajstić information content (AvgIpc) is 2.15. The maximum absolute atomic E-state index is 11.7. The molecular formula is C15H22O. The monoisotopic (exact) mass is 218 g/mol. The molecule has 1 fully saturated rings. The quantitative estimate of drug-likeness (QED) is 0.607. The second kappa shape index (κ2) is 3.87. The summed E-state index contributed by atoms with van der Waals surface area (Å²) in [6.45, 7) is 10.6. The first-order valence-electron chi connectivity index (χ1n) is 6.28. The Kier molecular flexibility index (Phi) is 2.81. The maximum atomic E-state index is 11.7. The lowest BCUT2D eigenvalue weighted by Crippen LogP contribution is -2.34. The van der Waals surface area contributed by atoms with E-state index in [1.807, 2.05) is 0 Å². The van der Waals surface area contributed by atoms with E-state index in [2.05, 4.69) is 27.4 Å². The molecule has 0 heterocycles. The van der Waals surface area contributed by atoms with Crippen molar-refractivity contribution in [1.82, 2.24) is 0 Å². The number of carbonyl (C=O) groups is 1. The molecule has 1 heteroatoms. The number of hydrogen-bond acceptors (Lipinski definition) is 1. The van der Waals surface area contributed by atoms with Crippen molar-refractivity contribution in [2.45, 2.75) is 52.9 Å². The number of fused-ring (bicyclic) bond motifs is 1. The van der Waals surface area contributed by atoms with Gasteiger partial charge in [0.25, 0.3) is 0 Å². The first-order chi connectivity index (χ1) is 7.42. The number of Topliss-reactive ketones (excluding diaryl/α,β-unsaturated/α-hetero) is 1. The summed E-state index contributed by atoms with van der Waals surface area (Å²) < 4.78 is 0. The van der Waals surface area contributed by atoms with Gasteiger partial charge in [-0.25, -0.2) is 0 Å². The molecule has 0 N–H and O–H groups in total. The molecule has 2 unspecified atom stereocenters. The number of hydrogen-bond donors (Lipinski definition) is 0. The van der Waals surface area contributed by atoms with Crippen LogP contribution in [0.25, 0.3) is 0 Å². The van der Waals surface area contributed by atoms with Gasteiger partial charge in [-0.3, -0.25) is 4.79 Å². The molecule has 0 saturated heterocycles. The van der Waals surface area contributed by atoms with Crippen LogP contribution in [0.15, 0.2) is 23.3 Å². The van der Waals surface area contributed by atoms with Gasteiger partial charge in [0.05, 0.1) is 0 Å². The molecule has 16 heavy (non-hydrogen) atoms. The van der Waals surface area contributed by atoms with Crippen LogP contribution in [0.5, 0.6) is 0 Å². The lowest BCUT2D eigenvalue weighted by atomic mass is 9.61. The highest BCUT2D eigenvalue weighted by Gasteiger charge is 2.40. The van der Waals surface area contributed by atoms with Crippen molar-refractivity contribution in [3.8, 4) is 0 Å². The highest BCUT2D eigenvalue weighted by Crippen LogP contribution is 2.51. The Hall–Kier alpha value is -0.850. The van der Waals surface area contributed by atoms with Crippen LogP contribution in [0.1, 0.15) is 52.9 Å². The zero-order valence-corrected chi connectivity index (χ0v) is 10.7. The zero-order chi connectivity index (χ0) is 11.9. The second-order valence-corrected chi connectivity index (χ2v) is 6.00. The molecule has 2 atom stereocenters. The summed E-state index contributed by atoms with van der Waals surface area (Å²) in [6.07, 6.45) is 4.96. The highest BCUT2D eigenvalue weighted by atomic mass is 16.1. The highest BCUT2D eigenvalue weighted by molar-refractivity contribution is 5.83. The lowest BCUT2D eigenvalue weighted by Gasteiger charge is -2.43. The largest absolute Gasteiger partial charge is 0.299 e. The first-order valence-corrected chi connectivity index (χ1v) is 6.28. The molecule has 1 nitrogen and oxygen atoms in total. The second-order valence-electron chi connectivity index (χ2n) is 6.00. The van der Waals surface area contributed by atoms with Crippen LogP contribution in [-0.2, 0) is 4.79 Å². The Morgan fingerprint density at radius 1 is 1.50 bits per heavy atom. The Morgan fingerprint density at radius 3 is 2.81 bits per heavy atom. The predicted molar refractivity (Wildman–Crippen MR) is 67.2 cm³/mol.